The number of nitrogens with one attached hydrogen (secondary N) is 2. The summed E-state index contributed by atoms with van der Waals surface area (Å²) in [6, 6.07) is 4.83. The third-order valence-electron chi connectivity index (χ3n) is 8.47. The van der Waals surface area contributed by atoms with E-state index in [1.54, 1.807) is 6.92 Å². The molecule has 2 unspecified atom stereocenters. The summed E-state index contributed by atoms with van der Waals surface area (Å²) in [7, 11) is 0. The zero-order valence-electron chi connectivity index (χ0n) is 27.1. The number of carbonyl (C=O) groups excluding carboxylic acids is 5. The highest BCUT2D eigenvalue weighted by molar-refractivity contribution is 5.96. The molecule has 2 aliphatic heterocycles. The van der Waals surface area contributed by atoms with Crippen LogP contribution in [0.25, 0.3) is 5.69 Å². The quantitative estimate of drug-likeness (QED) is 0.273. The number of hydrogen-bond acceptors (Lipinski definition) is 9. The van der Waals surface area contributed by atoms with Crippen LogP contribution in [0.3, 0.4) is 0 Å². The van der Waals surface area contributed by atoms with Crippen LogP contribution in [0.15, 0.2) is 30.3 Å². The normalized spacial score (nSPS) is 18.1. The Morgan fingerprint density at radius 1 is 1.02 bits per heavy atom. The van der Waals surface area contributed by atoms with Gasteiger partial charge in [-0.1, -0.05) is 6.07 Å². The van der Waals surface area contributed by atoms with E-state index in [2.05, 4.69) is 15.7 Å². The van der Waals surface area contributed by atoms with Crippen molar-refractivity contribution in [2.45, 2.75) is 63.6 Å². The first kappa shape index (κ1) is 35.1. The van der Waals surface area contributed by atoms with Gasteiger partial charge in [-0.05, 0) is 57.2 Å². The van der Waals surface area contributed by atoms with Gasteiger partial charge >= 0.3 is 12.1 Å². The molecule has 1 aromatic heterocycles. The van der Waals surface area contributed by atoms with Gasteiger partial charge in [-0.3, -0.25) is 24.0 Å². The Bertz CT molecular complexity index is 1570. The van der Waals surface area contributed by atoms with Crippen LogP contribution < -0.4 is 15.4 Å². The fourth-order valence-electron chi connectivity index (χ4n) is 5.75. The van der Waals surface area contributed by atoms with Gasteiger partial charge in [0.1, 0.15) is 17.9 Å². The average molecular weight is 686 g/mol. The van der Waals surface area contributed by atoms with Crippen LogP contribution in [-0.2, 0) is 23.9 Å². The first-order valence-electron chi connectivity index (χ1n) is 16.4. The van der Waals surface area contributed by atoms with Crippen LogP contribution in [0.2, 0.25) is 0 Å². The number of aromatic nitrogens is 2. The lowest BCUT2D eigenvalue weighted by Gasteiger charge is -2.35. The molecule has 3 heterocycles. The Hall–Kier alpha value is -5.22. The summed E-state index contributed by atoms with van der Waals surface area (Å²) in [5, 5.41) is 19.1. The molecule has 3 N–H and O–H groups in total. The smallest absolute Gasteiger partial charge is 0.409 e. The molecule has 3 fully saturated rings. The molecule has 0 radical (unpaired) electrons. The first-order valence-corrected chi connectivity index (χ1v) is 16.4. The number of rotatable bonds is 13. The van der Waals surface area contributed by atoms with E-state index < -0.39 is 60.7 Å². The zero-order valence-corrected chi connectivity index (χ0v) is 27.1. The predicted molar refractivity (Wildman–Crippen MR) is 168 cm³/mol. The molecule has 17 heteroatoms. The van der Waals surface area contributed by atoms with E-state index in [1.807, 2.05) is 0 Å². The molecule has 0 bridgehead atoms. The van der Waals surface area contributed by atoms with E-state index in [0.717, 1.165) is 23.6 Å². The van der Waals surface area contributed by atoms with Gasteiger partial charge in [-0.15, -0.1) is 0 Å². The molecule has 1 aliphatic carbocycles. The van der Waals surface area contributed by atoms with Crippen molar-refractivity contribution in [1.29, 1.82) is 0 Å². The van der Waals surface area contributed by atoms with Gasteiger partial charge in [0.05, 0.1) is 12.3 Å². The molecule has 5 amide bonds. The van der Waals surface area contributed by atoms with Crippen LogP contribution in [0.5, 0.6) is 5.88 Å². The Kier molecular flexibility index (Phi) is 11.3. The number of aliphatic carboxylic acids is 1. The second-order valence-electron chi connectivity index (χ2n) is 12.0. The number of hydrogen-bond donors (Lipinski definition) is 3. The van der Waals surface area contributed by atoms with Crippen LogP contribution in [0, 0.1) is 5.82 Å². The Morgan fingerprint density at radius 3 is 2.43 bits per heavy atom. The summed E-state index contributed by atoms with van der Waals surface area (Å²) >= 11 is 0. The van der Waals surface area contributed by atoms with E-state index in [-0.39, 0.29) is 68.4 Å². The zero-order chi connectivity index (χ0) is 35.1. The van der Waals surface area contributed by atoms with Crippen molar-refractivity contribution in [3.8, 4) is 11.6 Å². The summed E-state index contributed by atoms with van der Waals surface area (Å²) in [4.78, 5) is 80.7. The number of carboxylic acids is 1. The maximum absolute atomic E-state index is 14.2. The average Bonchev–Trinajstić information content (AvgIpc) is 3.57. The summed E-state index contributed by atoms with van der Waals surface area (Å²) in [6.45, 7) is 2.48. The maximum Gasteiger partial charge on any atom is 0.409 e. The van der Waals surface area contributed by atoms with Crippen molar-refractivity contribution in [1.82, 2.24) is 35.1 Å². The lowest BCUT2D eigenvalue weighted by molar-refractivity contribution is -0.140. The number of carbonyl (C=O) groups is 6. The first-order chi connectivity index (χ1) is 23.5. The maximum atomic E-state index is 14.2. The van der Waals surface area contributed by atoms with Crippen molar-refractivity contribution in [3.05, 3.63) is 41.8 Å². The molecular formula is C32H40FN7O9. The van der Waals surface area contributed by atoms with Crippen molar-refractivity contribution >= 4 is 35.7 Å². The van der Waals surface area contributed by atoms with Gasteiger partial charge in [0.2, 0.25) is 17.7 Å². The van der Waals surface area contributed by atoms with Gasteiger partial charge in [0.15, 0.2) is 12.3 Å². The van der Waals surface area contributed by atoms with Crippen molar-refractivity contribution in [2.24, 2.45) is 0 Å². The SMILES string of the molecule is CCOC(=O)N1CCN(C(=O)C(CCC(=O)O)NC(=O)c2cc(OCC(=O)N3CCCC3C(=O)NC3CC3)n(-c3cccc(F)c3)n2)CC1. The number of amides is 5. The largest absolute Gasteiger partial charge is 0.481 e. The van der Waals surface area contributed by atoms with E-state index in [0.29, 0.717) is 19.4 Å². The van der Waals surface area contributed by atoms with Crippen LogP contribution >= 0.6 is 0 Å². The van der Waals surface area contributed by atoms with E-state index in [9.17, 15) is 38.3 Å². The fraction of sp³-hybridized carbons (Fsp3) is 0.531. The van der Waals surface area contributed by atoms with Crippen molar-refractivity contribution in [2.75, 3.05) is 45.9 Å². The third-order valence-corrected chi connectivity index (χ3v) is 8.47. The molecule has 1 aromatic carbocycles. The topological polar surface area (TPSA) is 193 Å². The molecule has 49 heavy (non-hydrogen) atoms. The number of nitrogens with zero attached hydrogens (tertiary/aromatic N) is 5. The Morgan fingerprint density at radius 2 is 1.76 bits per heavy atom. The highest BCUT2D eigenvalue weighted by atomic mass is 19.1. The molecule has 16 nitrogen and oxygen atoms in total. The molecule has 1 saturated carbocycles. The van der Waals surface area contributed by atoms with Gasteiger partial charge < -0.3 is 39.9 Å². The molecule has 3 aliphatic rings. The Balaban J connectivity index is 1.30. The van der Waals surface area contributed by atoms with Crippen LogP contribution in [-0.4, -0.2) is 129 Å². The number of benzene rings is 1. The summed E-state index contributed by atoms with van der Waals surface area (Å²) in [5.74, 6) is -3.86. The summed E-state index contributed by atoms with van der Waals surface area (Å²) in [6.07, 6.45) is 1.88. The standard InChI is InChI=1S/C32H40FN7O9/c1-2-48-32(47)38-15-13-37(14-16-38)31(46)23(10-11-28(42)43)35-29(44)24-18-27(40(36-24)22-6-3-5-20(33)17-22)49-19-26(41)39-12-4-7-25(39)30(45)34-21-8-9-21/h3,5-6,17-18,21,23,25H,2,4,7-16,19H2,1H3,(H,34,45)(H,35,44)(H,42,43). The highest BCUT2D eigenvalue weighted by Crippen LogP contribution is 2.24. The van der Waals surface area contributed by atoms with Crippen molar-refractivity contribution < 1.29 is 47.7 Å². The summed E-state index contributed by atoms with van der Waals surface area (Å²) in [5.41, 5.74) is -0.0582. The van der Waals surface area contributed by atoms with Crippen molar-refractivity contribution in [3.63, 3.8) is 0 Å². The molecule has 2 saturated heterocycles. The third kappa shape index (κ3) is 9.03. The molecule has 264 valence electrons. The molecule has 0 spiro atoms. The molecule has 2 atom stereocenters. The van der Waals surface area contributed by atoms with Crippen LogP contribution in [0.4, 0.5) is 9.18 Å². The minimum atomic E-state index is -1.24. The van der Waals surface area contributed by atoms with E-state index in [1.165, 1.54) is 39.0 Å². The monoisotopic (exact) mass is 685 g/mol. The number of carboxylic acid groups (broad SMARTS) is 1. The second-order valence-corrected chi connectivity index (χ2v) is 12.0. The minimum Gasteiger partial charge on any atom is -0.481 e. The van der Waals surface area contributed by atoms with E-state index >= 15 is 0 Å². The number of piperazine rings is 1. The number of halogens is 1. The highest BCUT2D eigenvalue weighted by Gasteiger charge is 2.37. The minimum absolute atomic E-state index is 0.0780. The predicted octanol–water partition coefficient (Wildman–Crippen LogP) is 0.924. The Labute approximate surface area is 281 Å². The lowest BCUT2D eigenvalue weighted by Crippen LogP contribution is -2.56. The second kappa shape index (κ2) is 15.8. The number of ether oxygens (including phenoxy) is 2. The van der Waals surface area contributed by atoms with Gasteiger partial charge in [0.25, 0.3) is 11.8 Å². The molecule has 5 rings (SSSR count). The van der Waals surface area contributed by atoms with Gasteiger partial charge in [0, 0.05) is 51.3 Å². The fourth-order valence-corrected chi connectivity index (χ4v) is 5.75. The lowest BCUT2D eigenvalue weighted by atomic mass is 10.1. The summed E-state index contributed by atoms with van der Waals surface area (Å²) < 4.78 is 26.2. The van der Waals surface area contributed by atoms with Gasteiger partial charge in [-0.2, -0.15) is 5.10 Å². The van der Waals surface area contributed by atoms with Gasteiger partial charge in [-0.25, -0.2) is 13.9 Å². The van der Waals surface area contributed by atoms with Crippen LogP contribution in [0.1, 0.15) is 55.9 Å². The molecular weight excluding hydrogens is 645 g/mol. The molecule has 2 aromatic rings. The van der Waals surface area contributed by atoms with E-state index in [4.69, 9.17) is 9.47 Å². The number of likely N-dealkylation sites (tertiary alicyclic amines) is 1.